The van der Waals surface area contributed by atoms with E-state index in [0.29, 0.717) is 0 Å². The van der Waals surface area contributed by atoms with E-state index in [9.17, 15) is 0 Å². The van der Waals surface area contributed by atoms with Gasteiger partial charge in [-0.1, -0.05) is 172 Å². The minimum absolute atomic E-state index is 0.00388. The van der Waals surface area contributed by atoms with Gasteiger partial charge in [-0.3, -0.25) is 0 Å². The largest absolute Gasteiger partial charge is 0.0616 e. The van der Waals surface area contributed by atoms with Crippen molar-refractivity contribution < 1.29 is 0 Å². The summed E-state index contributed by atoms with van der Waals surface area (Å²) in [6.45, 7) is 20.9. The van der Waals surface area contributed by atoms with E-state index in [1.165, 1.54) is 93.5 Å². The Hall–Kier alpha value is -4.68. The maximum absolute atomic E-state index is 2.47. The molecule has 48 heavy (non-hydrogen) atoms. The van der Waals surface area contributed by atoms with Crippen LogP contribution in [0.2, 0.25) is 0 Å². The maximum Gasteiger partial charge on any atom is -0.00201 e. The van der Waals surface area contributed by atoms with Crippen molar-refractivity contribution in [1.82, 2.24) is 0 Å². The van der Waals surface area contributed by atoms with Gasteiger partial charge >= 0.3 is 0 Å². The van der Waals surface area contributed by atoms with E-state index >= 15 is 0 Å². The molecule has 0 N–H and O–H groups in total. The Balaban J connectivity index is 1.38. The quantitative estimate of drug-likeness (QED) is 0.180. The van der Waals surface area contributed by atoms with Crippen molar-refractivity contribution in [2.24, 2.45) is 0 Å². The smallest absolute Gasteiger partial charge is 0.00201 e. The fraction of sp³-hybridized carbons (Fsp3) is 0.250. The molecule has 8 rings (SSSR count). The molecule has 0 bridgehead atoms. The molecule has 0 spiro atoms. The second kappa shape index (κ2) is 10.4. The van der Waals surface area contributed by atoms with Gasteiger partial charge < -0.3 is 0 Å². The molecule has 0 heteroatoms. The standard InChI is InChI=1S/C48H46/c1-46(2,3)32-20-22-34-30(27-32)19-26-42(48(7,8)9)45(34)39-24-23-38-35-21-17-31(28-40(35)37-16-12-15-36(39)44(37)38)43-33-14-11-10-13-29(33)18-25-41(43)47(4,5)6/h10-28H,1-9H3. The van der Waals surface area contributed by atoms with E-state index in [0.717, 1.165) is 0 Å². The first-order valence-corrected chi connectivity index (χ1v) is 17.5. The van der Waals surface area contributed by atoms with Crippen LogP contribution in [0.4, 0.5) is 0 Å². The molecule has 1 aliphatic rings. The van der Waals surface area contributed by atoms with Crippen LogP contribution in [0.3, 0.4) is 0 Å². The molecule has 0 radical (unpaired) electrons. The van der Waals surface area contributed by atoms with Crippen molar-refractivity contribution in [3.8, 4) is 44.5 Å². The van der Waals surface area contributed by atoms with E-state index in [1.807, 2.05) is 0 Å². The SMILES string of the molecule is CC(C)(C)c1ccc2c(-c3ccc4c5c(cccc35)-c3cc(-c5c(C(C)(C)C)ccc6ccccc56)ccc3-4)c(C(C)(C)C)ccc2c1. The van der Waals surface area contributed by atoms with Crippen LogP contribution in [0, 0.1) is 0 Å². The van der Waals surface area contributed by atoms with Gasteiger partial charge in [-0.05, 0) is 116 Å². The first kappa shape index (κ1) is 30.6. The van der Waals surface area contributed by atoms with Crippen LogP contribution in [0.1, 0.15) is 79.0 Å². The molecule has 7 aromatic carbocycles. The normalized spacial score (nSPS) is 13.1. The van der Waals surface area contributed by atoms with E-state index < -0.39 is 0 Å². The van der Waals surface area contributed by atoms with Crippen LogP contribution in [-0.4, -0.2) is 0 Å². The molecule has 7 aromatic rings. The van der Waals surface area contributed by atoms with Crippen molar-refractivity contribution in [3.63, 3.8) is 0 Å². The monoisotopic (exact) mass is 622 g/mol. The van der Waals surface area contributed by atoms with Crippen molar-refractivity contribution in [3.05, 3.63) is 132 Å². The Morgan fingerprint density at radius 1 is 0.354 bits per heavy atom. The van der Waals surface area contributed by atoms with Gasteiger partial charge in [-0.25, -0.2) is 0 Å². The minimum atomic E-state index is -0.00388. The molecule has 238 valence electrons. The lowest BCUT2D eigenvalue weighted by Crippen LogP contribution is -2.14. The molecule has 1 aliphatic carbocycles. The topological polar surface area (TPSA) is 0 Å². The van der Waals surface area contributed by atoms with Crippen molar-refractivity contribution in [1.29, 1.82) is 0 Å². The number of hydrogen-bond acceptors (Lipinski definition) is 0. The predicted molar refractivity (Wildman–Crippen MR) is 210 cm³/mol. The summed E-state index contributed by atoms with van der Waals surface area (Å²) in [5.74, 6) is 0. The third-order valence-electron chi connectivity index (χ3n) is 10.6. The average molecular weight is 623 g/mol. The van der Waals surface area contributed by atoms with Gasteiger partial charge in [0.05, 0.1) is 0 Å². The van der Waals surface area contributed by atoms with E-state index in [-0.39, 0.29) is 16.2 Å². The summed E-state index contributed by atoms with van der Waals surface area (Å²) in [5.41, 5.74) is 15.0. The molecule has 0 nitrogen and oxygen atoms in total. The van der Waals surface area contributed by atoms with Crippen LogP contribution in [0.15, 0.2) is 115 Å². The second-order valence-electron chi connectivity index (χ2n) is 17.0. The predicted octanol–water partition coefficient (Wildman–Crippen LogP) is 14.0. The Labute approximate surface area is 286 Å². The fourth-order valence-corrected chi connectivity index (χ4v) is 8.15. The van der Waals surface area contributed by atoms with Crippen LogP contribution in [0.5, 0.6) is 0 Å². The summed E-state index contributed by atoms with van der Waals surface area (Å²) in [6, 6.07) is 44.2. The minimum Gasteiger partial charge on any atom is -0.0616 e. The number of rotatable bonds is 2. The molecule has 0 aromatic heterocycles. The molecule has 0 aliphatic heterocycles. The van der Waals surface area contributed by atoms with Gasteiger partial charge in [0.2, 0.25) is 0 Å². The van der Waals surface area contributed by atoms with Gasteiger partial charge in [0, 0.05) is 0 Å². The van der Waals surface area contributed by atoms with Crippen molar-refractivity contribution in [2.75, 3.05) is 0 Å². The Kier molecular flexibility index (Phi) is 6.64. The number of benzene rings is 7. The zero-order chi connectivity index (χ0) is 33.7. The van der Waals surface area contributed by atoms with Crippen LogP contribution < -0.4 is 0 Å². The Morgan fingerprint density at radius 3 is 1.69 bits per heavy atom. The molecule has 0 amide bonds. The summed E-state index contributed by atoms with van der Waals surface area (Å²) in [7, 11) is 0. The Bertz CT molecular complexity index is 2430. The molecule has 0 saturated heterocycles. The van der Waals surface area contributed by atoms with E-state index in [1.54, 1.807) is 0 Å². The summed E-state index contributed by atoms with van der Waals surface area (Å²) in [4.78, 5) is 0. The summed E-state index contributed by atoms with van der Waals surface area (Å²) < 4.78 is 0. The van der Waals surface area contributed by atoms with Gasteiger partial charge in [0.25, 0.3) is 0 Å². The average Bonchev–Trinajstić information content (AvgIpc) is 3.36. The zero-order valence-electron chi connectivity index (χ0n) is 30.0. The number of fused-ring (bicyclic) bond motifs is 5. The third-order valence-corrected chi connectivity index (χ3v) is 10.6. The fourth-order valence-electron chi connectivity index (χ4n) is 8.15. The van der Waals surface area contributed by atoms with Gasteiger partial charge in [-0.2, -0.15) is 0 Å². The summed E-state index contributed by atoms with van der Waals surface area (Å²) >= 11 is 0. The number of hydrogen-bond donors (Lipinski definition) is 0. The molecule has 0 atom stereocenters. The van der Waals surface area contributed by atoms with Crippen molar-refractivity contribution >= 4 is 32.3 Å². The molecule has 0 heterocycles. The van der Waals surface area contributed by atoms with Crippen LogP contribution >= 0.6 is 0 Å². The van der Waals surface area contributed by atoms with Gasteiger partial charge in [-0.15, -0.1) is 0 Å². The highest BCUT2D eigenvalue weighted by atomic mass is 14.3. The molecular weight excluding hydrogens is 577 g/mol. The second-order valence-corrected chi connectivity index (χ2v) is 17.0. The zero-order valence-corrected chi connectivity index (χ0v) is 30.0. The molecule has 0 unspecified atom stereocenters. The lowest BCUT2D eigenvalue weighted by molar-refractivity contribution is 0.590. The van der Waals surface area contributed by atoms with Crippen LogP contribution in [0.25, 0.3) is 76.8 Å². The Morgan fingerprint density at radius 2 is 0.958 bits per heavy atom. The molecule has 0 saturated carbocycles. The van der Waals surface area contributed by atoms with Crippen molar-refractivity contribution in [2.45, 2.75) is 78.6 Å². The first-order chi connectivity index (χ1) is 22.7. The maximum atomic E-state index is 2.47. The highest BCUT2D eigenvalue weighted by molar-refractivity contribution is 6.20. The first-order valence-electron chi connectivity index (χ1n) is 17.5. The van der Waals surface area contributed by atoms with E-state index in [2.05, 4.69) is 178 Å². The molecule has 0 fully saturated rings. The lowest BCUT2D eigenvalue weighted by atomic mass is 9.77. The molecular formula is C48H46. The van der Waals surface area contributed by atoms with Gasteiger partial charge in [0.1, 0.15) is 0 Å². The third kappa shape index (κ3) is 4.72. The van der Waals surface area contributed by atoms with E-state index in [4.69, 9.17) is 0 Å². The summed E-state index contributed by atoms with van der Waals surface area (Å²) in [6.07, 6.45) is 0. The highest BCUT2D eigenvalue weighted by Crippen LogP contribution is 2.52. The van der Waals surface area contributed by atoms with Gasteiger partial charge in [0.15, 0.2) is 0 Å². The lowest BCUT2D eigenvalue weighted by Gasteiger charge is -2.26. The van der Waals surface area contributed by atoms with Crippen LogP contribution in [-0.2, 0) is 16.2 Å². The summed E-state index contributed by atoms with van der Waals surface area (Å²) in [5, 5.41) is 7.96. The highest BCUT2D eigenvalue weighted by Gasteiger charge is 2.28.